The van der Waals surface area contributed by atoms with E-state index in [1.54, 1.807) is 0 Å². The van der Waals surface area contributed by atoms with Crippen molar-refractivity contribution in [1.82, 2.24) is 0 Å². The average molecular weight is 453 g/mol. The summed E-state index contributed by atoms with van der Waals surface area (Å²) in [6.45, 7) is -1.06. The van der Waals surface area contributed by atoms with Gasteiger partial charge in [0.15, 0.2) is 0 Å². The Hall–Kier alpha value is -1.88. The fourth-order valence-electron chi connectivity index (χ4n) is 5.92. The van der Waals surface area contributed by atoms with Crippen LogP contribution in [0.25, 0.3) is 0 Å². The smallest absolute Gasteiger partial charge is 0.136 e. The lowest BCUT2D eigenvalue weighted by Crippen LogP contribution is -2.43. The summed E-state index contributed by atoms with van der Waals surface area (Å²) < 4.78 is 6.77. The van der Waals surface area contributed by atoms with Crippen LogP contribution in [0, 0.1) is 5.41 Å². The molecule has 2 fully saturated rings. The Morgan fingerprint density at radius 2 is 1.15 bits per heavy atom. The summed E-state index contributed by atoms with van der Waals surface area (Å²) in [5.41, 5.74) is 2.25. The molecule has 2 saturated carbocycles. The maximum Gasteiger partial charge on any atom is 0.136 e. The van der Waals surface area contributed by atoms with E-state index in [0.717, 1.165) is 37.0 Å². The van der Waals surface area contributed by atoms with E-state index < -0.39 is 11.5 Å². The second-order valence-electron chi connectivity index (χ2n) is 10.2. The maximum absolute atomic E-state index is 10.4. The van der Waals surface area contributed by atoms with Gasteiger partial charge in [-0.15, -0.1) is 0 Å². The Balaban J connectivity index is 1.76. The Bertz CT molecular complexity index is 855. The predicted molar refractivity (Wildman–Crippen MR) is 132 cm³/mol. The minimum absolute atomic E-state index is 0.352. The van der Waals surface area contributed by atoms with Crippen molar-refractivity contribution in [2.24, 2.45) is 5.41 Å². The van der Waals surface area contributed by atoms with Crippen molar-refractivity contribution in [3.8, 4) is 5.75 Å². The molecule has 0 heterocycles. The Morgan fingerprint density at radius 3 is 1.73 bits per heavy atom. The summed E-state index contributed by atoms with van der Waals surface area (Å²) in [6, 6.07) is 16.5. The molecule has 180 valence electrons. The molecule has 2 aromatic carbocycles. The van der Waals surface area contributed by atoms with Crippen LogP contribution in [-0.2, 0) is 0 Å². The first kappa shape index (κ1) is 24.3. The predicted octanol–water partition coefficient (Wildman–Crippen LogP) is 5.87. The van der Waals surface area contributed by atoms with Crippen LogP contribution in [0.4, 0.5) is 0 Å². The molecule has 1 unspecified atom stereocenters. The van der Waals surface area contributed by atoms with Gasteiger partial charge in [0.2, 0.25) is 0 Å². The van der Waals surface area contributed by atoms with Gasteiger partial charge in [-0.2, -0.15) is 0 Å². The summed E-state index contributed by atoms with van der Waals surface area (Å²) in [5, 5.41) is 31.2. The van der Waals surface area contributed by atoms with Gasteiger partial charge in [0.05, 0.1) is 25.2 Å². The third-order valence-corrected chi connectivity index (χ3v) is 8.03. The molecule has 4 rings (SSSR count). The first-order valence-corrected chi connectivity index (χ1v) is 12.9. The van der Waals surface area contributed by atoms with E-state index >= 15 is 0 Å². The molecule has 3 N–H and O–H groups in total. The summed E-state index contributed by atoms with van der Waals surface area (Å²) >= 11 is 0. The zero-order chi connectivity index (χ0) is 23.1. The van der Waals surface area contributed by atoms with Gasteiger partial charge < -0.3 is 20.1 Å². The molecule has 4 nitrogen and oxygen atoms in total. The van der Waals surface area contributed by atoms with E-state index in [2.05, 4.69) is 30.3 Å². The number of hydrogen-bond donors (Lipinski definition) is 3. The molecule has 0 bridgehead atoms. The summed E-state index contributed by atoms with van der Waals surface area (Å²) in [6.07, 6.45) is 11.5. The van der Waals surface area contributed by atoms with Crippen molar-refractivity contribution < 1.29 is 20.1 Å². The number of hydrogen-bond acceptors (Lipinski definition) is 4. The van der Waals surface area contributed by atoms with Crippen LogP contribution in [0.3, 0.4) is 0 Å². The first-order chi connectivity index (χ1) is 16.2. The minimum Gasteiger partial charge on any atom is -0.485 e. The summed E-state index contributed by atoms with van der Waals surface area (Å²) in [4.78, 5) is 0. The lowest BCUT2D eigenvalue weighted by Gasteiger charge is -2.39. The molecule has 2 aromatic rings. The van der Waals surface area contributed by atoms with Crippen LogP contribution in [0.5, 0.6) is 5.75 Å². The quantitative estimate of drug-likeness (QED) is 0.445. The normalized spacial score (nSPS) is 19.4. The van der Waals surface area contributed by atoms with Crippen molar-refractivity contribution in [2.75, 3.05) is 19.8 Å². The topological polar surface area (TPSA) is 69.9 Å². The summed E-state index contributed by atoms with van der Waals surface area (Å²) in [5.74, 6) is 1.73. The third-order valence-electron chi connectivity index (χ3n) is 8.03. The van der Waals surface area contributed by atoms with E-state index in [1.165, 1.54) is 49.7 Å². The molecule has 33 heavy (non-hydrogen) atoms. The van der Waals surface area contributed by atoms with Crippen LogP contribution in [-0.4, -0.2) is 35.1 Å². The molecular weight excluding hydrogens is 412 g/mol. The summed E-state index contributed by atoms with van der Waals surface area (Å²) in [7, 11) is 0. The van der Waals surface area contributed by atoms with Gasteiger partial charge >= 0.3 is 0 Å². The van der Waals surface area contributed by atoms with Gasteiger partial charge in [-0.25, -0.2) is 0 Å². The number of para-hydroxylation sites is 1. The number of ether oxygens (including phenoxy) is 1. The fourth-order valence-corrected chi connectivity index (χ4v) is 5.92. The van der Waals surface area contributed by atoms with Crippen LogP contribution < -0.4 is 4.74 Å². The van der Waals surface area contributed by atoms with Gasteiger partial charge in [0, 0.05) is 0 Å². The van der Waals surface area contributed by atoms with E-state index in [1.807, 2.05) is 18.2 Å². The molecule has 0 aliphatic heterocycles. The van der Waals surface area contributed by atoms with Crippen molar-refractivity contribution in [1.29, 1.82) is 0 Å². The average Bonchev–Trinajstić information content (AvgIpc) is 2.90. The molecule has 1 atom stereocenters. The Kier molecular flexibility index (Phi) is 8.45. The van der Waals surface area contributed by atoms with Crippen molar-refractivity contribution >= 4 is 0 Å². The van der Waals surface area contributed by atoms with Crippen molar-refractivity contribution in [3.05, 3.63) is 65.2 Å². The minimum atomic E-state index is -1.18. The van der Waals surface area contributed by atoms with Crippen molar-refractivity contribution in [3.63, 3.8) is 0 Å². The first-order valence-electron chi connectivity index (χ1n) is 12.9. The highest BCUT2D eigenvalue weighted by Crippen LogP contribution is 2.45. The SMILES string of the molecule is OCC(CO)(CO)C(Oc1ccccc1C1CCCCC1)c1ccccc1C1CCCCC1. The molecule has 2 aliphatic carbocycles. The number of rotatable bonds is 9. The van der Waals surface area contributed by atoms with Gasteiger partial charge in [-0.1, -0.05) is 81.0 Å². The highest BCUT2D eigenvalue weighted by molar-refractivity contribution is 5.40. The molecular formula is C29H40O4. The van der Waals surface area contributed by atoms with Crippen LogP contribution in [0.1, 0.15) is 98.8 Å². The van der Waals surface area contributed by atoms with Crippen LogP contribution >= 0.6 is 0 Å². The Morgan fingerprint density at radius 1 is 0.667 bits per heavy atom. The molecule has 4 heteroatoms. The zero-order valence-corrected chi connectivity index (χ0v) is 19.8. The number of aliphatic hydroxyl groups is 3. The molecule has 2 aliphatic rings. The van der Waals surface area contributed by atoms with Gasteiger partial charge in [0.25, 0.3) is 0 Å². The second-order valence-corrected chi connectivity index (χ2v) is 10.2. The lowest BCUT2D eigenvalue weighted by atomic mass is 9.75. The molecule has 0 amide bonds. The largest absolute Gasteiger partial charge is 0.485 e. The fraction of sp³-hybridized carbons (Fsp3) is 0.586. The van der Waals surface area contributed by atoms with Gasteiger partial charge in [0.1, 0.15) is 11.9 Å². The van der Waals surface area contributed by atoms with Crippen molar-refractivity contribution in [2.45, 2.75) is 82.1 Å². The second kappa shape index (κ2) is 11.5. The highest BCUT2D eigenvalue weighted by atomic mass is 16.5. The van der Waals surface area contributed by atoms with Gasteiger partial charge in [-0.3, -0.25) is 0 Å². The molecule has 0 saturated heterocycles. The van der Waals surface area contributed by atoms with E-state index in [0.29, 0.717) is 11.8 Å². The third kappa shape index (κ3) is 5.29. The molecule has 0 aromatic heterocycles. The lowest BCUT2D eigenvalue weighted by molar-refractivity contribution is -0.0750. The monoisotopic (exact) mass is 452 g/mol. The van der Waals surface area contributed by atoms with Crippen LogP contribution in [0.15, 0.2) is 48.5 Å². The standard InChI is InChI=1S/C29H40O4/c30-19-29(20-31,21-32)28(26-17-8-7-15-24(26)22-11-3-1-4-12-22)33-27-18-10-9-16-25(27)23-13-5-2-6-14-23/h7-10,15-18,22-23,28,30-32H,1-6,11-14,19-21H2. The number of aliphatic hydroxyl groups excluding tert-OH is 3. The van der Waals surface area contributed by atoms with Crippen LogP contribution in [0.2, 0.25) is 0 Å². The molecule has 0 spiro atoms. The van der Waals surface area contributed by atoms with E-state index in [4.69, 9.17) is 4.74 Å². The van der Waals surface area contributed by atoms with Gasteiger partial charge in [-0.05, 0) is 60.3 Å². The van der Waals surface area contributed by atoms with E-state index in [-0.39, 0.29) is 19.8 Å². The van der Waals surface area contributed by atoms with E-state index in [9.17, 15) is 15.3 Å². The Labute approximate surface area is 198 Å². The molecule has 0 radical (unpaired) electrons. The number of benzene rings is 2. The highest BCUT2D eigenvalue weighted by Gasteiger charge is 2.42. The zero-order valence-electron chi connectivity index (χ0n) is 19.8. The maximum atomic E-state index is 10.4.